The second-order valence-corrected chi connectivity index (χ2v) is 6.07. The molecule has 6 heteroatoms. The summed E-state index contributed by atoms with van der Waals surface area (Å²) < 4.78 is 0. The molecule has 0 bridgehead atoms. The Morgan fingerprint density at radius 3 is 2.41 bits per heavy atom. The second kappa shape index (κ2) is 6.44. The van der Waals surface area contributed by atoms with Crippen LogP contribution in [-0.2, 0) is 4.79 Å². The van der Waals surface area contributed by atoms with Crippen LogP contribution in [0.3, 0.4) is 0 Å². The first-order chi connectivity index (χ1) is 10.4. The van der Waals surface area contributed by atoms with Crippen LogP contribution in [0.25, 0.3) is 6.08 Å². The van der Waals surface area contributed by atoms with E-state index in [1.165, 1.54) is 17.4 Å². The highest BCUT2D eigenvalue weighted by Crippen LogP contribution is 2.31. The van der Waals surface area contributed by atoms with Crippen molar-refractivity contribution in [1.29, 1.82) is 0 Å². The quantitative estimate of drug-likeness (QED) is 0.597. The van der Waals surface area contributed by atoms with E-state index in [0.29, 0.717) is 16.3 Å². The topological polar surface area (TPSA) is 98.2 Å². The van der Waals surface area contributed by atoms with Gasteiger partial charge in [0.05, 0.1) is 5.56 Å². The smallest absolute Gasteiger partial charge is 0.251 e. The van der Waals surface area contributed by atoms with Gasteiger partial charge in [0.1, 0.15) is 5.00 Å². The highest BCUT2D eigenvalue weighted by atomic mass is 32.1. The third kappa shape index (κ3) is 3.53. The van der Waals surface area contributed by atoms with Gasteiger partial charge in [-0.15, -0.1) is 11.3 Å². The summed E-state index contributed by atoms with van der Waals surface area (Å²) in [5.74, 6) is -0.861. The molecule has 2 aromatic rings. The number of hydrogen-bond acceptors (Lipinski definition) is 4. The van der Waals surface area contributed by atoms with Crippen molar-refractivity contribution >= 4 is 39.9 Å². The van der Waals surface area contributed by atoms with Crippen LogP contribution in [0.4, 0.5) is 10.7 Å². The van der Waals surface area contributed by atoms with Crippen LogP contribution in [0, 0.1) is 13.8 Å². The SMILES string of the molecule is Cc1sc(NC(=O)/C=C/c2ccc(N)cc2)c(C(N)=O)c1C. The Labute approximate surface area is 132 Å². The Morgan fingerprint density at radius 2 is 1.82 bits per heavy atom. The number of nitrogen functional groups attached to an aromatic ring is 1. The zero-order valence-electron chi connectivity index (χ0n) is 12.3. The fraction of sp³-hybridized carbons (Fsp3) is 0.125. The number of primary amides is 1. The first-order valence-corrected chi connectivity index (χ1v) is 7.44. The summed E-state index contributed by atoms with van der Waals surface area (Å²) in [6.07, 6.45) is 3.08. The molecule has 0 aliphatic carbocycles. The van der Waals surface area contributed by atoms with Crippen LogP contribution in [0.1, 0.15) is 26.4 Å². The summed E-state index contributed by atoms with van der Waals surface area (Å²) >= 11 is 1.34. The highest BCUT2D eigenvalue weighted by molar-refractivity contribution is 7.16. The van der Waals surface area contributed by atoms with E-state index in [2.05, 4.69) is 5.32 Å². The molecule has 1 heterocycles. The molecule has 0 unspecified atom stereocenters. The van der Waals surface area contributed by atoms with E-state index in [-0.39, 0.29) is 5.91 Å². The zero-order valence-corrected chi connectivity index (χ0v) is 13.2. The van der Waals surface area contributed by atoms with Gasteiger partial charge in [-0.25, -0.2) is 0 Å². The molecule has 0 saturated carbocycles. The molecule has 0 aliphatic heterocycles. The third-order valence-corrected chi connectivity index (χ3v) is 4.35. The number of anilines is 2. The Morgan fingerprint density at radius 1 is 1.18 bits per heavy atom. The minimum atomic E-state index is -0.542. The van der Waals surface area contributed by atoms with Crippen molar-refractivity contribution in [3.63, 3.8) is 0 Å². The molecule has 22 heavy (non-hydrogen) atoms. The minimum absolute atomic E-state index is 0.319. The van der Waals surface area contributed by atoms with Gasteiger partial charge in [0.25, 0.3) is 5.91 Å². The van der Waals surface area contributed by atoms with Gasteiger partial charge in [0.2, 0.25) is 5.91 Å². The maximum absolute atomic E-state index is 12.0. The summed E-state index contributed by atoms with van der Waals surface area (Å²) in [5.41, 5.74) is 13.7. The van der Waals surface area contributed by atoms with E-state index in [9.17, 15) is 9.59 Å². The monoisotopic (exact) mass is 315 g/mol. The first-order valence-electron chi connectivity index (χ1n) is 6.63. The summed E-state index contributed by atoms with van der Waals surface area (Å²) in [6.45, 7) is 3.69. The molecule has 2 rings (SSSR count). The molecule has 1 aromatic heterocycles. The number of carbonyl (C=O) groups excluding carboxylic acids is 2. The van der Waals surface area contributed by atoms with Gasteiger partial charge in [-0.1, -0.05) is 12.1 Å². The largest absolute Gasteiger partial charge is 0.399 e. The van der Waals surface area contributed by atoms with Gasteiger partial charge >= 0.3 is 0 Å². The lowest BCUT2D eigenvalue weighted by Crippen LogP contribution is -2.16. The van der Waals surface area contributed by atoms with E-state index >= 15 is 0 Å². The zero-order chi connectivity index (χ0) is 16.3. The van der Waals surface area contributed by atoms with Gasteiger partial charge in [0, 0.05) is 16.6 Å². The Balaban J connectivity index is 2.14. The van der Waals surface area contributed by atoms with Gasteiger partial charge < -0.3 is 16.8 Å². The molecular weight excluding hydrogens is 298 g/mol. The molecule has 0 atom stereocenters. The number of carbonyl (C=O) groups is 2. The molecule has 5 nitrogen and oxygen atoms in total. The van der Waals surface area contributed by atoms with E-state index in [1.807, 2.05) is 26.0 Å². The van der Waals surface area contributed by atoms with E-state index < -0.39 is 5.91 Å². The van der Waals surface area contributed by atoms with E-state index in [1.54, 1.807) is 18.2 Å². The molecule has 0 spiro atoms. The number of aryl methyl sites for hydroxylation is 1. The van der Waals surface area contributed by atoms with E-state index in [4.69, 9.17) is 11.5 Å². The Hall–Kier alpha value is -2.60. The molecule has 0 saturated heterocycles. The number of nitrogens with one attached hydrogen (secondary N) is 1. The predicted octanol–water partition coefficient (Wildman–Crippen LogP) is 2.70. The highest BCUT2D eigenvalue weighted by Gasteiger charge is 2.18. The van der Waals surface area contributed by atoms with Crippen LogP contribution in [0.5, 0.6) is 0 Å². The van der Waals surface area contributed by atoms with Crippen molar-refractivity contribution in [3.8, 4) is 0 Å². The lowest BCUT2D eigenvalue weighted by Gasteiger charge is -2.02. The van der Waals surface area contributed by atoms with Crippen molar-refractivity contribution in [2.45, 2.75) is 13.8 Å². The Bertz CT molecular complexity index is 745. The van der Waals surface area contributed by atoms with Crippen LogP contribution in [0.15, 0.2) is 30.3 Å². The summed E-state index contributed by atoms with van der Waals surface area (Å²) in [7, 11) is 0. The molecule has 1 aromatic carbocycles. The first kappa shape index (κ1) is 15.8. The van der Waals surface area contributed by atoms with Gasteiger partial charge in [-0.05, 0) is 43.2 Å². The van der Waals surface area contributed by atoms with Crippen molar-refractivity contribution < 1.29 is 9.59 Å². The van der Waals surface area contributed by atoms with Crippen LogP contribution < -0.4 is 16.8 Å². The second-order valence-electron chi connectivity index (χ2n) is 4.84. The fourth-order valence-corrected chi connectivity index (χ4v) is 3.01. The third-order valence-electron chi connectivity index (χ3n) is 3.23. The molecule has 0 fully saturated rings. The molecular formula is C16H17N3O2S. The lowest BCUT2D eigenvalue weighted by molar-refractivity contribution is -0.111. The summed E-state index contributed by atoms with van der Waals surface area (Å²) in [5, 5.41) is 3.18. The molecule has 0 aliphatic rings. The van der Waals surface area contributed by atoms with Crippen LogP contribution in [0.2, 0.25) is 0 Å². The normalized spacial score (nSPS) is 10.8. The fourth-order valence-electron chi connectivity index (χ4n) is 1.94. The maximum atomic E-state index is 12.0. The predicted molar refractivity (Wildman–Crippen MR) is 90.8 cm³/mol. The van der Waals surface area contributed by atoms with Crippen molar-refractivity contribution in [1.82, 2.24) is 0 Å². The molecule has 0 radical (unpaired) electrons. The number of hydrogen-bond donors (Lipinski definition) is 3. The number of benzene rings is 1. The van der Waals surface area contributed by atoms with Gasteiger partial charge in [-0.3, -0.25) is 9.59 Å². The van der Waals surface area contributed by atoms with E-state index in [0.717, 1.165) is 16.0 Å². The van der Waals surface area contributed by atoms with Gasteiger partial charge in [0.15, 0.2) is 0 Å². The Kier molecular flexibility index (Phi) is 4.62. The summed E-state index contributed by atoms with van der Waals surface area (Å²) in [4.78, 5) is 24.4. The molecule has 114 valence electrons. The van der Waals surface area contributed by atoms with Crippen molar-refractivity contribution in [2.24, 2.45) is 5.73 Å². The number of thiophene rings is 1. The average Bonchev–Trinajstić information content (AvgIpc) is 2.73. The van der Waals surface area contributed by atoms with Crippen molar-refractivity contribution in [2.75, 3.05) is 11.1 Å². The molecule has 2 amide bonds. The van der Waals surface area contributed by atoms with Crippen LogP contribution in [-0.4, -0.2) is 11.8 Å². The number of rotatable bonds is 4. The molecule has 5 N–H and O–H groups in total. The maximum Gasteiger partial charge on any atom is 0.251 e. The lowest BCUT2D eigenvalue weighted by atomic mass is 10.1. The minimum Gasteiger partial charge on any atom is -0.399 e. The van der Waals surface area contributed by atoms with Crippen molar-refractivity contribution in [3.05, 3.63) is 51.9 Å². The average molecular weight is 315 g/mol. The summed E-state index contributed by atoms with van der Waals surface area (Å²) in [6, 6.07) is 7.14. The van der Waals surface area contributed by atoms with Gasteiger partial charge in [-0.2, -0.15) is 0 Å². The number of amides is 2. The number of nitrogens with two attached hydrogens (primary N) is 2. The van der Waals surface area contributed by atoms with Crippen LogP contribution >= 0.6 is 11.3 Å². The standard InChI is InChI=1S/C16H17N3O2S/c1-9-10(2)22-16(14(9)15(18)21)19-13(20)8-5-11-3-6-12(17)7-4-11/h3-8H,17H2,1-2H3,(H2,18,21)(H,19,20)/b8-5+.